The second-order valence-electron chi connectivity index (χ2n) is 5.38. The van der Waals surface area contributed by atoms with Gasteiger partial charge in [0.2, 0.25) is 0 Å². The number of benzene rings is 1. The summed E-state index contributed by atoms with van der Waals surface area (Å²) < 4.78 is 0. The van der Waals surface area contributed by atoms with Crippen molar-refractivity contribution >= 4 is 22.2 Å². The lowest BCUT2D eigenvalue weighted by Gasteiger charge is -2.02. The summed E-state index contributed by atoms with van der Waals surface area (Å²) in [7, 11) is 0. The van der Waals surface area contributed by atoms with Crippen LogP contribution in [0.25, 0.3) is 32.7 Å². The van der Waals surface area contributed by atoms with Gasteiger partial charge in [-0.2, -0.15) is 0 Å². The molecule has 0 bridgehead atoms. The van der Waals surface area contributed by atoms with Crippen molar-refractivity contribution < 1.29 is 0 Å². The molecule has 0 fully saturated rings. The molecule has 4 aromatic rings. The van der Waals surface area contributed by atoms with Crippen LogP contribution < -0.4 is 5.56 Å². The number of thiazole rings is 1. The monoisotopic (exact) mass is 319 g/mol. The maximum atomic E-state index is 12.4. The van der Waals surface area contributed by atoms with Crippen molar-refractivity contribution in [1.29, 1.82) is 0 Å². The molecular formula is C18H13N3OS. The van der Waals surface area contributed by atoms with Gasteiger partial charge in [-0.15, -0.1) is 11.3 Å². The second kappa shape index (κ2) is 5.44. The summed E-state index contributed by atoms with van der Waals surface area (Å²) in [6, 6.07) is 11.7. The third kappa shape index (κ3) is 2.55. The number of hydrogen-bond donors (Lipinski definition) is 1. The first kappa shape index (κ1) is 13.8. The maximum Gasteiger partial charge on any atom is 0.257 e. The summed E-state index contributed by atoms with van der Waals surface area (Å²) in [6.07, 6.45) is 3.48. The third-order valence-corrected chi connectivity index (χ3v) is 4.60. The fourth-order valence-electron chi connectivity index (χ4n) is 2.54. The van der Waals surface area contributed by atoms with E-state index in [-0.39, 0.29) is 5.56 Å². The lowest BCUT2D eigenvalue weighted by atomic mass is 10.1. The molecule has 0 saturated carbocycles. The minimum Gasteiger partial charge on any atom is -0.321 e. The molecule has 0 unspecified atom stereocenters. The van der Waals surface area contributed by atoms with Gasteiger partial charge in [0.05, 0.1) is 11.3 Å². The summed E-state index contributed by atoms with van der Waals surface area (Å²) in [5.74, 6) is 0. The smallest absolute Gasteiger partial charge is 0.257 e. The van der Waals surface area contributed by atoms with E-state index in [9.17, 15) is 4.79 Å². The van der Waals surface area contributed by atoms with Gasteiger partial charge in [0.15, 0.2) is 0 Å². The van der Waals surface area contributed by atoms with Gasteiger partial charge in [0, 0.05) is 28.9 Å². The van der Waals surface area contributed by atoms with Gasteiger partial charge in [-0.1, -0.05) is 11.6 Å². The van der Waals surface area contributed by atoms with Gasteiger partial charge in [-0.3, -0.25) is 9.78 Å². The molecule has 0 radical (unpaired) electrons. The molecule has 1 aromatic carbocycles. The van der Waals surface area contributed by atoms with E-state index in [1.807, 2.05) is 42.6 Å². The van der Waals surface area contributed by atoms with Crippen LogP contribution in [0.5, 0.6) is 0 Å². The number of aryl methyl sites for hydroxylation is 1. The van der Waals surface area contributed by atoms with Crippen molar-refractivity contribution in [3.63, 3.8) is 0 Å². The molecule has 1 N–H and O–H groups in total. The molecular weight excluding hydrogens is 306 g/mol. The lowest BCUT2D eigenvalue weighted by molar-refractivity contribution is 1.27. The van der Waals surface area contributed by atoms with Crippen LogP contribution in [0, 0.1) is 6.92 Å². The highest BCUT2D eigenvalue weighted by Crippen LogP contribution is 2.28. The predicted molar refractivity (Wildman–Crippen MR) is 93.6 cm³/mol. The first-order valence-electron chi connectivity index (χ1n) is 7.21. The van der Waals surface area contributed by atoms with E-state index in [0.29, 0.717) is 11.3 Å². The summed E-state index contributed by atoms with van der Waals surface area (Å²) in [5, 5.41) is 3.81. The van der Waals surface area contributed by atoms with Gasteiger partial charge in [-0.05, 0) is 42.6 Å². The predicted octanol–water partition coefficient (Wildman–Crippen LogP) is 4.02. The topological polar surface area (TPSA) is 58.6 Å². The highest BCUT2D eigenvalue weighted by atomic mass is 32.1. The number of fused-ring (bicyclic) bond motifs is 1. The van der Waals surface area contributed by atoms with Crippen LogP contribution in [0.1, 0.15) is 5.56 Å². The highest BCUT2D eigenvalue weighted by Gasteiger charge is 2.11. The molecule has 4 nitrogen and oxygen atoms in total. The van der Waals surface area contributed by atoms with E-state index in [1.54, 1.807) is 12.4 Å². The van der Waals surface area contributed by atoms with Crippen LogP contribution in [-0.2, 0) is 0 Å². The van der Waals surface area contributed by atoms with Gasteiger partial charge in [-0.25, -0.2) is 4.98 Å². The van der Waals surface area contributed by atoms with Crippen molar-refractivity contribution in [2.24, 2.45) is 0 Å². The van der Waals surface area contributed by atoms with Gasteiger partial charge >= 0.3 is 0 Å². The van der Waals surface area contributed by atoms with E-state index in [2.05, 4.69) is 21.0 Å². The quantitative estimate of drug-likeness (QED) is 0.607. The number of H-pyrrole nitrogens is 1. The molecule has 0 aliphatic heterocycles. The lowest BCUT2D eigenvalue weighted by Crippen LogP contribution is -2.08. The van der Waals surface area contributed by atoms with E-state index in [1.165, 1.54) is 11.3 Å². The number of nitrogens with one attached hydrogen (secondary N) is 1. The van der Waals surface area contributed by atoms with Crippen molar-refractivity contribution in [1.82, 2.24) is 15.0 Å². The minimum atomic E-state index is -0.118. The molecule has 0 atom stereocenters. The second-order valence-corrected chi connectivity index (χ2v) is 6.23. The van der Waals surface area contributed by atoms with Crippen molar-refractivity contribution in [3.8, 4) is 21.8 Å². The zero-order valence-electron chi connectivity index (χ0n) is 12.4. The van der Waals surface area contributed by atoms with Crippen molar-refractivity contribution in [2.45, 2.75) is 6.92 Å². The van der Waals surface area contributed by atoms with Crippen LogP contribution in [0.15, 0.2) is 59.0 Å². The van der Waals surface area contributed by atoms with E-state index in [0.717, 1.165) is 27.0 Å². The van der Waals surface area contributed by atoms with Gasteiger partial charge in [0.1, 0.15) is 5.01 Å². The zero-order valence-corrected chi connectivity index (χ0v) is 13.2. The number of hydrogen-bond acceptors (Lipinski definition) is 4. The average Bonchev–Trinajstić information content (AvgIpc) is 3.05. The van der Waals surface area contributed by atoms with Crippen LogP contribution in [0.3, 0.4) is 0 Å². The van der Waals surface area contributed by atoms with Crippen LogP contribution in [-0.4, -0.2) is 15.0 Å². The Balaban J connectivity index is 1.85. The number of aromatic nitrogens is 3. The molecule has 3 aromatic heterocycles. The van der Waals surface area contributed by atoms with Crippen molar-refractivity contribution in [2.75, 3.05) is 0 Å². The van der Waals surface area contributed by atoms with E-state index in [4.69, 9.17) is 0 Å². The molecule has 23 heavy (non-hydrogen) atoms. The molecule has 0 amide bonds. The Morgan fingerprint density at radius 1 is 1.09 bits per heavy atom. The molecule has 5 heteroatoms. The highest BCUT2D eigenvalue weighted by molar-refractivity contribution is 7.13. The zero-order chi connectivity index (χ0) is 15.8. The summed E-state index contributed by atoms with van der Waals surface area (Å²) >= 11 is 1.52. The van der Waals surface area contributed by atoms with E-state index < -0.39 is 0 Å². The Morgan fingerprint density at radius 2 is 1.91 bits per heavy atom. The van der Waals surface area contributed by atoms with Crippen LogP contribution in [0.2, 0.25) is 0 Å². The fourth-order valence-corrected chi connectivity index (χ4v) is 3.37. The van der Waals surface area contributed by atoms with E-state index >= 15 is 0 Å². The van der Waals surface area contributed by atoms with Gasteiger partial charge in [0.25, 0.3) is 5.56 Å². The first-order chi connectivity index (χ1) is 11.2. The molecule has 4 rings (SSSR count). The number of pyridine rings is 2. The summed E-state index contributed by atoms with van der Waals surface area (Å²) in [5.41, 5.74) is 4.18. The number of rotatable bonds is 2. The Labute approximate surface area is 136 Å². The molecule has 0 saturated heterocycles. The fraction of sp³-hybridized carbons (Fsp3) is 0.0556. The van der Waals surface area contributed by atoms with Gasteiger partial charge < -0.3 is 4.98 Å². The van der Waals surface area contributed by atoms with Crippen LogP contribution >= 0.6 is 11.3 Å². The Hall–Kier alpha value is -2.79. The Kier molecular flexibility index (Phi) is 3.28. The molecule has 0 aliphatic rings. The number of nitrogens with zero attached hydrogens (tertiary/aromatic N) is 2. The average molecular weight is 319 g/mol. The molecule has 0 spiro atoms. The molecule has 112 valence electrons. The Bertz CT molecular complexity index is 1050. The van der Waals surface area contributed by atoms with Crippen molar-refractivity contribution in [3.05, 3.63) is 70.1 Å². The standard InChI is InChI=1S/C18H13N3OS/c1-11-2-3-15-13(8-11)9-14(17(22)20-15)16-10-23-18(21-16)12-4-6-19-7-5-12/h2-10H,1H3,(H,20,22). The molecule has 0 aliphatic carbocycles. The Morgan fingerprint density at radius 3 is 2.74 bits per heavy atom. The third-order valence-electron chi connectivity index (χ3n) is 3.71. The summed E-state index contributed by atoms with van der Waals surface area (Å²) in [6.45, 7) is 2.04. The SMILES string of the molecule is Cc1ccc2[nH]c(=O)c(-c3csc(-c4ccncc4)n3)cc2c1. The largest absolute Gasteiger partial charge is 0.321 e. The molecule has 3 heterocycles. The number of aromatic amines is 1. The normalized spacial score (nSPS) is 11.0. The first-order valence-corrected chi connectivity index (χ1v) is 8.09. The summed E-state index contributed by atoms with van der Waals surface area (Å²) in [4.78, 5) is 23.9. The maximum absolute atomic E-state index is 12.4. The minimum absolute atomic E-state index is 0.118. The van der Waals surface area contributed by atoms with Crippen LogP contribution in [0.4, 0.5) is 0 Å².